The van der Waals surface area contributed by atoms with Gasteiger partial charge in [0.05, 0.1) is 6.04 Å². The third-order valence-electron chi connectivity index (χ3n) is 3.39. The zero-order valence-corrected chi connectivity index (χ0v) is 11.2. The van der Waals surface area contributed by atoms with Crippen LogP contribution in [0.4, 0.5) is 0 Å². The van der Waals surface area contributed by atoms with Gasteiger partial charge in [-0.3, -0.25) is 9.59 Å². The van der Waals surface area contributed by atoms with Gasteiger partial charge < -0.3 is 16.4 Å². The summed E-state index contributed by atoms with van der Waals surface area (Å²) >= 11 is 0. The molecule has 4 N–H and O–H groups in total. The van der Waals surface area contributed by atoms with Crippen LogP contribution < -0.4 is 16.4 Å². The Balaban J connectivity index is 2.20. The lowest BCUT2D eigenvalue weighted by molar-refractivity contribution is -0.122. The molecule has 1 rings (SSSR count). The Labute approximate surface area is 109 Å². The number of hydrogen-bond acceptors (Lipinski definition) is 3. The van der Waals surface area contributed by atoms with Gasteiger partial charge in [-0.25, -0.2) is 0 Å². The Bertz CT molecular complexity index is 275. The van der Waals surface area contributed by atoms with E-state index in [2.05, 4.69) is 17.6 Å². The average molecular weight is 255 g/mol. The molecule has 0 saturated carbocycles. The van der Waals surface area contributed by atoms with Crippen LogP contribution in [0.5, 0.6) is 0 Å². The fourth-order valence-corrected chi connectivity index (χ4v) is 2.42. The highest BCUT2D eigenvalue weighted by molar-refractivity contribution is 5.81. The van der Waals surface area contributed by atoms with E-state index in [-0.39, 0.29) is 17.9 Å². The van der Waals surface area contributed by atoms with Crippen LogP contribution in [0.2, 0.25) is 0 Å². The van der Waals surface area contributed by atoms with Gasteiger partial charge in [0, 0.05) is 19.4 Å². The quantitative estimate of drug-likeness (QED) is 0.592. The van der Waals surface area contributed by atoms with E-state index in [9.17, 15) is 9.59 Å². The van der Waals surface area contributed by atoms with Crippen LogP contribution in [0.15, 0.2) is 0 Å². The van der Waals surface area contributed by atoms with Gasteiger partial charge in [-0.15, -0.1) is 0 Å². The number of rotatable bonds is 8. The Morgan fingerprint density at radius 1 is 1.50 bits per heavy atom. The predicted molar refractivity (Wildman–Crippen MR) is 70.9 cm³/mol. The average Bonchev–Trinajstić information content (AvgIpc) is 2.72. The number of amides is 2. The van der Waals surface area contributed by atoms with Gasteiger partial charge in [0.25, 0.3) is 0 Å². The summed E-state index contributed by atoms with van der Waals surface area (Å²) in [5.41, 5.74) is 5.57. The van der Waals surface area contributed by atoms with E-state index in [4.69, 9.17) is 5.73 Å². The third kappa shape index (κ3) is 5.49. The largest absolute Gasteiger partial charge is 0.354 e. The van der Waals surface area contributed by atoms with Gasteiger partial charge >= 0.3 is 0 Å². The summed E-state index contributed by atoms with van der Waals surface area (Å²) in [5.74, 6) is 0.621. The first-order chi connectivity index (χ1) is 8.65. The molecule has 0 aromatic rings. The first-order valence-electron chi connectivity index (χ1n) is 6.91. The van der Waals surface area contributed by atoms with Crippen molar-refractivity contribution in [2.45, 2.75) is 51.5 Å². The molecule has 5 nitrogen and oxygen atoms in total. The van der Waals surface area contributed by atoms with E-state index in [0.717, 1.165) is 25.7 Å². The highest BCUT2D eigenvalue weighted by Gasteiger charge is 2.22. The minimum absolute atomic E-state index is 0.0206. The minimum Gasteiger partial charge on any atom is -0.354 e. The standard InChI is InChI=1S/C13H25N3O2/c1-2-3-10(6-7-14)4-5-12(17)16-11-8-13(18)15-9-11/h10-11H,2-9,14H2,1H3,(H,15,18)(H,16,17). The zero-order chi connectivity index (χ0) is 13.4. The van der Waals surface area contributed by atoms with E-state index in [1.807, 2.05) is 0 Å². The molecule has 1 saturated heterocycles. The molecule has 1 heterocycles. The molecule has 5 heteroatoms. The lowest BCUT2D eigenvalue weighted by Crippen LogP contribution is -2.36. The van der Waals surface area contributed by atoms with Crippen LogP contribution in [0.1, 0.15) is 45.4 Å². The van der Waals surface area contributed by atoms with Crippen LogP contribution in [0.25, 0.3) is 0 Å². The Hall–Kier alpha value is -1.10. The smallest absolute Gasteiger partial charge is 0.222 e. The highest BCUT2D eigenvalue weighted by atomic mass is 16.2. The molecular weight excluding hydrogens is 230 g/mol. The number of hydrogen-bond donors (Lipinski definition) is 3. The summed E-state index contributed by atoms with van der Waals surface area (Å²) in [6.45, 7) is 3.40. The predicted octanol–water partition coefficient (Wildman–Crippen LogP) is 0.536. The first-order valence-corrected chi connectivity index (χ1v) is 6.91. The first kappa shape index (κ1) is 15.0. The Kier molecular flexibility index (Phi) is 6.72. The third-order valence-corrected chi connectivity index (χ3v) is 3.39. The summed E-state index contributed by atoms with van der Waals surface area (Å²) in [5, 5.41) is 5.61. The Morgan fingerprint density at radius 2 is 2.28 bits per heavy atom. The van der Waals surface area contributed by atoms with Crippen molar-refractivity contribution in [1.29, 1.82) is 0 Å². The van der Waals surface area contributed by atoms with Crippen molar-refractivity contribution >= 4 is 11.8 Å². The summed E-state index contributed by atoms with van der Waals surface area (Å²) in [7, 11) is 0. The van der Waals surface area contributed by atoms with Crippen LogP contribution in [-0.2, 0) is 9.59 Å². The summed E-state index contributed by atoms with van der Waals surface area (Å²) in [6, 6.07) is -0.0240. The summed E-state index contributed by atoms with van der Waals surface area (Å²) in [4.78, 5) is 22.7. The molecule has 1 fully saturated rings. The van der Waals surface area contributed by atoms with Crippen molar-refractivity contribution in [2.75, 3.05) is 13.1 Å². The topological polar surface area (TPSA) is 84.2 Å². The van der Waals surface area contributed by atoms with Crippen molar-refractivity contribution in [3.8, 4) is 0 Å². The summed E-state index contributed by atoms with van der Waals surface area (Å²) < 4.78 is 0. The second-order valence-corrected chi connectivity index (χ2v) is 5.04. The highest BCUT2D eigenvalue weighted by Crippen LogP contribution is 2.17. The molecule has 104 valence electrons. The van der Waals surface area contributed by atoms with Crippen LogP contribution >= 0.6 is 0 Å². The monoisotopic (exact) mass is 255 g/mol. The molecule has 0 aromatic heterocycles. The molecule has 1 aliphatic heterocycles. The van der Waals surface area contributed by atoms with Crippen molar-refractivity contribution in [3.63, 3.8) is 0 Å². The van der Waals surface area contributed by atoms with Crippen LogP contribution in [0, 0.1) is 5.92 Å². The molecule has 18 heavy (non-hydrogen) atoms. The molecule has 1 aliphatic rings. The van der Waals surface area contributed by atoms with E-state index >= 15 is 0 Å². The van der Waals surface area contributed by atoms with Crippen molar-refractivity contribution in [2.24, 2.45) is 11.7 Å². The maximum absolute atomic E-state index is 11.7. The molecule has 2 atom stereocenters. The molecule has 0 bridgehead atoms. The zero-order valence-electron chi connectivity index (χ0n) is 11.2. The maximum atomic E-state index is 11.7. The lowest BCUT2D eigenvalue weighted by Gasteiger charge is -2.16. The van der Waals surface area contributed by atoms with Crippen molar-refractivity contribution < 1.29 is 9.59 Å². The molecule has 0 spiro atoms. The molecule has 2 amide bonds. The maximum Gasteiger partial charge on any atom is 0.222 e. The minimum atomic E-state index is -0.0240. The van der Waals surface area contributed by atoms with Crippen LogP contribution in [0.3, 0.4) is 0 Å². The Morgan fingerprint density at radius 3 is 2.83 bits per heavy atom. The fourth-order valence-electron chi connectivity index (χ4n) is 2.42. The second-order valence-electron chi connectivity index (χ2n) is 5.04. The number of carbonyl (C=O) groups is 2. The normalized spacial score (nSPS) is 20.6. The second kappa shape index (κ2) is 8.08. The van der Waals surface area contributed by atoms with Crippen molar-refractivity contribution in [3.05, 3.63) is 0 Å². The van der Waals surface area contributed by atoms with E-state index in [1.165, 1.54) is 0 Å². The summed E-state index contributed by atoms with van der Waals surface area (Å²) in [6.07, 6.45) is 5.10. The molecular formula is C13H25N3O2. The molecule has 2 unspecified atom stereocenters. The van der Waals surface area contributed by atoms with Gasteiger partial charge in [-0.1, -0.05) is 19.8 Å². The number of nitrogens with two attached hydrogens (primary N) is 1. The number of carbonyl (C=O) groups excluding carboxylic acids is 2. The number of nitrogens with one attached hydrogen (secondary N) is 2. The SMILES string of the molecule is CCCC(CCN)CCC(=O)NC1CNC(=O)C1. The van der Waals surface area contributed by atoms with Gasteiger partial charge in [-0.2, -0.15) is 0 Å². The van der Waals surface area contributed by atoms with Gasteiger partial charge in [0.15, 0.2) is 0 Å². The molecule has 0 aromatic carbocycles. The molecule has 0 aliphatic carbocycles. The molecule has 0 radical (unpaired) electrons. The van der Waals surface area contributed by atoms with Crippen molar-refractivity contribution in [1.82, 2.24) is 10.6 Å². The van der Waals surface area contributed by atoms with Gasteiger partial charge in [0.1, 0.15) is 0 Å². The van der Waals surface area contributed by atoms with E-state index < -0.39 is 0 Å². The van der Waals surface area contributed by atoms with Gasteiger partial charge in [-0.05, 0) is 25.3 Å². The van der Waals surface area contributed by atoms with E-state index in [1.54, 1.807) is 0 Å². The van der Waals surface area contributed by atoms with Gasteiger partial charge in [0.2, 0.25) is 11.8 Å². The lowest BCUT2D eigenvalue weighted by atomic mass is 9.94. The van der Waals surface area contributed by atoms with Crippen LogP contribution in [-0.4, -0.2) is 30.9 Å². The van der Waals surface area contributed by atoms with E-state index in [0.29, 0.717) is 31.8 Å². The fraction of sp³-hybridized carbons (Fsp3) is 0.846.